The van der Waals surface area contributed by atoms with Crippen molar-refractivity contribution < 1.29 is 19.1 Å². The van der Waals surface area contributed by atoms with Gasteiger partial charge in [0.15, 0.2) is 22.9 Å². The van der Waals surface area contributed by atoms with Gasteiger partial charge in [-0.05, 0) is 54.7 Å². The van der Waals surface area contributed by atoms with Crippen LogP contribution in [0.5, 0.6) is 11.5 Å². The summed E-state index contributed by atoms with van der Waals surface area (Å²) in [5, 5.41) is 5.60. The van der Waals surface area contributed by atoms with Crippen LogP contribution in [0.3, 0.4) is 0 Å². The molecule has 8 nitrogen and oxygen atoms in total. The SMILES string of the molecule is COc1ccccc1OCC(=O)Nc1cccc(NC(=O)c2c[nH]c(=S)n2-c2ccccc2)c1. The number of nitrogens with zero attached hydrogens (tertiary/aromatic N) is 1. The molecule has 0 bridgehead atoms. The Bertz CT molecular complexity index is 1360. The Morgan fingerprint density at radius 3 is 2.32 bits per heavy atom. The summed E-state index contributed by atoms with van der Waals surface area (Å²) in [6, 6.07) is 23.3. The third-order valence-corrected chi connectivity index (χ3v) is 5.16. The molecular weight excluding hydrogens is 452 g/mol. The van der Waals surface area contributed by atoms with Crippen LogP contribution in [0.1, 0.15) is 10.5 Å². The number of para-hydroxylation sites is 3. The van der Waals surface area contributed by atoms with Crippen molar-refractivity contribution in [2.75, 3.05) is 24.4 Å². The van der Waals surface area contributed by atoms with Gasteiger partial charge in [-0.1, -0.05) is 36.4 Å². The summed E-state index contributed by atoms with van der Waals surface area (Å²) in [5.41, 5.74) is 2.16. The molecule has 1 aromatic heterocycles. The minimum Gasteiger partial charge on any atom is -0.493 e. The van der Waals surface area contributed by atoms with Gasteiger partial charge in [0.25, 0.3) is 11.8 Å². The van der Waals surface area contributed by atoms with E-state index in [1.807, 2.05) is 36.4 Å². The standard InChI is InChI=1S/C25H22N4O4S/c1-32-21-12-5-6-13-22(21)33-16-23(30)27-17-8-7-9-18(14-17)28-24(31)20-15-26-25(34)29(20)19-10-3-2-4-11-19/h2-15H,16H2,1H3,(H,26,34)(H,27,30)(H,28,31). The number of hydrogen-bond acceptors (Lipinski definition) is 5. The summed E-state index contributed by atoms with van der Waals surface area (Å²) in [6.45, 7) is -0.195. The van der Waals surface area contributed by atoms with E-state index in [1.54, 1.807) is 53.2 Å². The molecule has 3 aromatic carbocycles. The van der Waals surface area contributed by atoms with Crippen molar-refractivity contribution in [2.45, 2.75) is 0 Å². The first-order valence-corrected chi connectivity index (χ1v) is 10.8. The van der Waals surface area contributed by atoms with Gasteiger partial charge in [-0.15, -0.1) is 0 Å². The van der Waals surface area contributed by atoms with Gasteiger partial charge < -0.3 is 25.1 Å². The van der Waals surface area contributed by atoms with E-state index < -0.39 is 0 Å². The van der Waals surface area contributed by atoms with Crippen molar-refractivity contribution in [2.24, 2.45) is 0 Å². The Morgan fingerprint density at radius 2 is 1.59 bits per heavy atom. The van der Waals surface area contributed by atoms with Gasteiger partial charge in [0.1, 0.15) is 5.69 Å². The van der Waals surface area contributed by atoms with Crippen LogP contribution >= 0.6 is 12.2 Å². The van der Waals surface area contributed by atoms with Crippen LogP contribution in [0.2, 0.25) is 0 Å². The molecule has 0 unspecified atom stereocenters. The lowest BCUT2D eigenvalue weighted by Crippen LogP contribution is -2.20. The van der Waals surface area contributed by atoms with Gasteiger partial charge in [-0.3, -0.25) is 14.2 Å². The van der Waals surface area contributed by atoms with Gasteiger partial charge >= 0.3 is 0 Å². The van der Waals surface area contributed by atoms with Crippen molar-refractivity contribution in [1.29, 1.82) is 0 Å². The summed E-state index contributed by atoms with van der Waals surface area (Å²) < 4.78 is 12.8. The number of aromatic amines is 1. The Labute approximate surface area is 201 Å². The Kier molecular flexibility index (Phi) is 7.04. The van der Waals surface area contributed by atoms with E-state index in [1.165, 1.54) is 7.11 Å². The van der Waals surface area contributed by atoms with E-state index in [0.717, 1.165) is 5.69 Å². The van der Waals surface area contributed by atoms with Gasteiger partial charge in [0.2, 0.25) is 0 Å². The number of carbonyl (C=O) groups is 2. The molecule has 4 aromatic rings. The highest BCUT2D eigenvalue weighted by molar-refractivity contribution is 7.71. The summed E-state index contributed by atoms with van der Waals surface area (Å²) in [5.74, 6) is 0.317. The first kappa shape index (κ1) is 22.8. The van der Waals surface area contributed by atoms with Crippen LogP contribution in [0, 0.1) is 4.77 Å². The van der Waals surface area contributed by atoms with E-state index in [9.17, 15) is 9.59 Å². The predicted molar refractivity (Wildman–Crippen MR) is 132 cm³/mol. The Morgan fingerprint density at radius 1 is 0.912 bits per heavy atom. The number of imidazole rings is 1. The molecule has 34 heavy (non-hydrogen) atoms. The molecule has 0 fully saturated rings. The van der Waals surface area contributed by atoms with Crippen molar-refractivity contribution in [1.82, 2.24) is 9.55 Å². The number of rotatable bonds is 8. The fourth-order valence-corrected chi connectivity index (χ4v) is 3.58. The molecule has 0 atom stereocenters. The molecule has 4 rings (SSSR count). The molecule has 0 aliphatic heterocycles. The number of nitrogens with one attached hydrogen (secondary N) is 3. The molecule has 0 saturated heterocycles. The zero-order valence-corrected chi connectivity index (χ0v) is 19.1. The lowest BCUT2D eigenvalue weighted by molar-refractivity contribution is -0.118. The number of amides is 2. The predicted octanol–water partition coefficient (Wildman–Crippen LogP) is 4.81. The van der Waals surface area contributed by atoms with Crippen molar-refractivity contribution in [3.05, 3.63) is 95.5 Å². The number of H-pyrrole nitrogens is 1. The number of methoxy groups -OCH3 is 1. The van der Waals surface area contributed by atoms with E-state index >= 15 is 0 Å². The van der Waals surface area contributed by atoms with Crippen LogP contribution in [0.25, 0.3) is 5.69 Å². The van der Waals surface area contributed by atoms with Crippen molar-refractivity contribution in [3.63, 3.8) is 0 Å². The molecule has 172 valence electrons. The third-order valence-electron chi connectivity index (χ3n) is 4.86. The van der Waals surface area contributed by atoms with E-state index in [2.05, 4.69) is 15.6 Å². The number of benzene rings is 3. The van der Waals surface area contributed by atoms with Crippen LogP contribution < -0.4 is 20.1 Å². The number of carbonyl (C=O) groups excluding carboxylic acids is 2. The normalized spacial score (nSPS) is 10.4. The molecule has 9 heteroatoms. The lowest BCUT2D eigenvalue weighted by Gasteiger charge is -2.12. The van der Waals surface area contributed by atoms with Gasteiger partial charge in [-0.25, -0.2) is 0 Å². The Balaban J connectivity index is 1.42. The number of aromatic nitrogens is 2. The molecule has 1 heterocycles. The van der Waals surface area contributed by atoms with Crippen molar-refractivity contribution in [3.8, 4) is 17.2 Å². The first-order valence-electron chi connectivity index (χ1n) is 10.4. The largest absolute Gasteiger partial charge is 0.493 e. The maximum atomic E-state index is 13.0. The van der Waals surface area contributed by atoms with Crippen LogP contribution in [0.15, 0.2) is 85.1 Å². The van der Waals surface area contributed by atoms with E-state index in [-0.39, 0.29) is 18.4 Å². The first-order chi connectivity index (χ1) is 16.5. The maximum Gasteiger partial charge on any atom is 0.274 e. The highest BCUT2D eigenvalue weighted by Gasteiger charge is 2.15. The number of anilines is 2. The minimum atomic E-state index is -0.349. The molecule has 0 aliphatic carbocycles. The Hall–Kier alpha value is -4.37. The molecule has 3 N–H and O–H groups in total. The molecule has 2 amide bonds. The molecular formula is C25H22N4O4S. The summed E-state index contributed by atoms with van der Waals surface area (Å²) in [4.78, 5) is 28.2. The second-order valence-corrected chi connectivity index (χ2v) is 7.56. The molecule has 0 saturated carbocycles. The summed E-state index contributed by atoms with van der Waals surface area (Å²) >= 11 is 5.34. The van der Waals surface area contributed by atoms with Crippen molar-refractivity contribution >= 4 is 35.4 Å². The second-order valence-electron chi connectivity index (χ2n) is 7.17. The monoisotopic (exact) mass is 474 g/mol. The topological polar surface area (TPSA) is 97.4 Å². The fourth-order valence-electron chi connectivity index (χ4n) is 3.32. The fraction of sp³-hybridized carbons (Fsp3) is 0.0800. The summed E-state index contributed by atoms with van der Waals surface area (Å²) in [6.07, 6.45) is 1.56. The van der Waals surface area contributed by atoms with Crippen LogP contribution in [0.4, 0.5) is 11.4 Å². The lowest BCUT2D eigenvalue weighted by atomic mass is 10.2. The highest BCUT2D eigenvalue weighted by atomic mass is 32.1. The smallest absolute Gasteiger partial charge is 0.274 e. The average molecular weight is 475 g/mol. The van der Waals surface area contributed by atoms with Gasteiger partial charge in [0.05, 0.1) is 7.11 Å². The van der Waals surface area contributed by atoms with E-state index in [4.69, 9.17) is 21.7 Å². The third kappa shape index (κ3) is 5.33. The minimum absolute atomic E-state index is 0.195. The number of hydrogen-bond donors (Lipinski definition) is 3. The average Bonchev–Trinajstić information content (AvgIpc) is 3.25. The number of ether oxygens (including phenoxy) is 2. The maximum absolute atomic E-state index is 13.0. The van der Waals surface area contributed by atoms with Crippen LogP contribution in [-0.2, 0) is 4.79 Å². The summed E-state index contributed by atoms with van der Waals surface area (Å²) in [7, 11) is 1.53. The van der Waals surface area contributed by atoms with Gasteiger partial charge in [0, 0.05) is 23.3 Å². The van der Waals surface area contributed by atoms with Crippen LogP contribution in [-0.4, -0.2) is 35.1 Å². The highest BCUT2D eigenvalue weighted by Crippen LogP contribution is 2.25. The van der Waals surface area contributed by atoms with E-state index in [0.29, 0.717) is 33.3 Å². The second kappa shape index (κ2) is 10.5. The quantitative estimate of drug-likeness (QED) is 0.318. The zero-order chi connectivity index (χ0) is 23.9. The zero-order valence-electron chi connectivity index (χ0n) is 18.3. The molecule has 0 radical (unpaired) electrons. The molecule has 0 aliphatic rings. The molecule has 0 spiro atoms. The van der Waals surface area contributed by atoms with Gasteiger partial charge in [-0.2, -0.15) is 0 Å².